The summed E-state index contributed by atoms with van der Waals surface area (Å²) in [4.78, 5) is 22.1. The number of hydrogen-bond donors (Lipinski definition) is 3. The van der Waals surface area contributed by atoms with Gasteiger partial charge in [0.25, 0.3) is 0 Å². The molecule has 0 aromatic carbocycles. The summed E-state index contributed by atoms with van der Waals surface area (Å²) in [7, 11) is 0. The fourth-order valence-electron chi connectivity index (χ4n) is 1.46. The van der Waals surface area contributed by atoms with E-state index < -0.39 is 11.4 Å². The number of hydrogen-bond acceptors (Lipinski definition) is 3. The van der Waals surface area contributed by atoms with Crippen LogP contribution in [0.2, 0.25) is 0 Å². The molecule has 0 spiro atoms. The summed E-state index contributed by atoms with van der Waals surface area (Å²) < 4.78 is 0. The predicted molar refractivity (Wildman–Crippen MR) is 60.0 cm³/mol. The van der Waals surface area contributed by atoms with Crippen LogP contribution in [-0.4, -0.2) is 34.7 Å². The molecule has 0 radical (unpaired) electrons. The normalized spacial score (nSPS) is 13.2. The summed E-state index contributed by atoms with van der Waals surface area (Å²) in [6.07, 6.45) is 0.758. The van der Waals surface area contributed by atoms with Crippen LogP contribution >= 0.6 is 0 Å². The molecule has 3 N–H and O–H groups in total. The van der Waals surface area contributed by atoms with Gasteiger partial charge in [-0.25, -0.2) is 0 Å². The number of carboxylic acid groups (broad SMARTS) is 1. The number of aliphatic hydroxyl groups is 1. The molecule has 0 bridgehead atoms. The zero-order chi connectivity index (χ0) is 12.8. The molecule has 5 nitrogen and oxygen atoms in total. The fourth-order valence-corrected chi connectivity index (χ4v) is 1.46. The molecule has 0 aromatic rings. The second kappa shape index (κ2) is 6.48. The molecule has 1 atom stereocenters. The first-order valence-corrected chi connectivity index (χ1v) is 5.42. The SMILES string of the molecule is CCC(CO)NC(=O)CC(C)(C)CC(=O)O. The summed E-state index contributed by atoms with van der Waals surface area (Å²) in [6.45, 7) is 5.24. The van der Waals surface area contributed by atoms with Crippen LogP contribution in [0.15, 0.2) is 0 Å². The molecule has 16 heavy (non-hydrogen) atoms. The smallest absolute Gasteiger partial charge is 0.303 e. The third-order valence-electron chi connectivity index (χ3n) is 2.35. The van der Waals surface area contributed by atoms with Gasteiger partial charge in [-0.05, 0) is 11.8 Å². The summed E-state index contributed by atoms with van der Waals surface area (Å²) in [5, 5.41) is 20.2. The average Bonchev–Trinajstić information content (AvgIpc) is 2.10. The molecule has 0 saturated heterocycles. The number of aliphatic carboxylic acids is 1. The maximum Gasteiger partial charge on any atom is 0.303 e. The Labute approximate surface area is 95.9 Å². The zero-order valence-electron chi connectivity index (χ0n) is 10.1. The highest BCUT2D eigenvalue weighted by Crippen LogP contribution is 2.24. The minimum atomic E-state index is -0.910. The molecule has 0 aliphatic rings. The third-order valence-corrected chi connectivity index (χ3v) is 2.35. The lowest BCUT2D eigenvalue weighted by atomic mass is 9.85. The summed E-state index contributed by atoms with van der Waals surface area (Å²) >= 11 is 0. The number of nitrogens with one attached hydrogen (secondary N) is 1. The van der Waals surface area contributed by atoms with E-state index in [-0.39, 0.29) is 31.4 Å². The van der Waals surface area contributed by atoms with Crippen molar-refractivity contribution in [2.24, 2.45) is 5.41 Å². The monoisotopic (exact) mass is 231 g/mol. The molecule has 0 fully saturated rings. The molecule has 5 heteroatoms. The van der Waals surface area contributed by atoms with Gasteiger partial charge in [0, 0.05) is 6.42 Å². The molecule has 0 aromatic heterocycles. The Hall–Kier alpha value is -1.10. The Balaban J connectivity index is 4.17. The van der Waals surface area contributed by atoms with Crippen molar-refractivity contribution in [1.29, 1.82) is 0 Å². The first kappa shape index (κ1) is 14.9. The van der Waals surface area contributed by atoms with Gasteiger partial charge in [0.2, 0.25) is 5.91 Å². The van der Waals surface area contributed by atoms with Crippen molar-refractivity contribution < 1.29 is 19.8 Å². The van der Waals surface area contributed by atoms with E-state index in [2.05, 4.69) is 5.32 Å². The number of aliphatic hydroxyl groups excluding tert-OH is 1. The Kier molecular flexibility index (Phi) is 6.03. The third kappa shape index (κ3) is 6.40. The summed E-state index contributed by atoms with van der Waals surface area (Å²) in [5.41, 5.74) is -0.566. The van der Waals surface area contributed by atoms with Crippen molar-refractivity contribution in [3.63, 3.8) is 0 Å². The van der Waals surface area contributed by atoms with Gasteiger partial charge in [-0.1, -0.05) is 20.8 Å². The standard InChI is InChI=1S/C11H21NO4/c1-4-8(7-13)12-9(14)5-11(2,3)6-10(15)16/h8,13H,4-7H2,1-3H3,(H,12,14)(H,15,16). The van der Waals surface area contributed by atoms with E-state index in [4.69, 9.17) is 10.2 Å². The Morgan fingerprint density at radius 3 is 2.25 bits per heavy atom. The topological polar surface area (TPSA) is 86.6 Å². The molecular weight excluding hydrogens is 210 g/mol. The van der Waals surface area contributed by atoms with Crippen molar-refractivity contribution in [1.82, 2.24) is 5.32 Å². The van der Waals surface area contributed by atoms with Crippen LogP contribution in [0.4, 0.5) is 0 Å². The van der Waals surface area contributed by atoms with Gasteiger partial charge in [0.1, 0.15) is 0 Å². The minimum Gasteiger partial charge on any atom is -0.481 e. The predicted octanol–water partition coefficient (Wildman–Crippen LogP) is 0.764. The molecule has 94 valence electrons. The molecule has 1 unspecified atom stereocenters. The first-order chi connectivity index (χ1) is 7.30. The molecule has 0 rings (SSSR count). The highest BCUT2D eigenvalue weighted by molar-refractivity contribution is 5.78. The van der Waals surface area contributed by atoms with E-state index in [1.165, 1.54) is 0 Å². The van der Waals surface area contributed by atoms with Crippen molar-refractivity contribution in [3.8, 4) is 0 Å². The fraction of sp³-hybridized carbons (Fsp3) is 0.818. The summed E-state index contributed by atoms with van der Waals surface area (Å²) in [5.74, 6) is -1.13. The Morgan fingerprint density at radius 1 is 1.31 bits per heavy atom. The van der Waals surface area contributed by atoms with Gasteiger partial charge < -0.3 is 15.5 Å². The van der Waals surface area contributed by atoms with Crippen molar-refractivity contribution in [2.45, 2.75) is 46.1 Å². The Morgan fingerprint density at radius 2 is 1.88 bits per heavy atom. The van der Waals surface area contributed by atoms with Crippen LogP contribution in [0.3, 0.4) is 0 Å². The van der Waals surface area contributed by atoms with Crippen LogP contribution in [-0.2, 0) is 9.59 Å². The highest BCUT2D eigenvalue weighted by atomic mass is 16.4. The largest absolute Gasteiger partial charge is 0.481 e. The first-order valence-electron chi connectivity index (χ1n) is 5.42. The van der Waals surface area contributed by atoms with Crippen molar-refractivity contribution in [3.05, 3.63) is 0 Å². The number of rotatable bonds is 7. The minimum absolute atomic E-state index is 0.0453. The van der Waals surface area contributed by atoms with Gasteiger partial charge in [-0.15, -0.1) is 0 Å². The van der Waals surface area contributed by atoms with E-state index in [0.29, 0.717) is 6.42 Å². The maximum absolute atomic E-state index is 11.6. The second-order valence-corrected chi connectivity index (χ2v) is 4.77. The lowest BCUT2D eigenvalue weighted by Gasteiger charge is -2.23. The number of carbonyl (C=O) groups is 2. The lowest BCUT2D eigenvalue weighted by molar-refractivity contribution is -0.139. The van der Waals surface area contributed by atoms with Gasteiger partial charge >= 0.3 is 5.97 Å². The van der Waals surface area contributed by atoms with E-state index in [1.807, 2.05) is 6.92 Å². The molecular formula is C11H21NO4. The van der Waals surface area contributed by atoms with Gasteiger partial charge in [-0.2, -0.15) is 0 Å². The van der Waals surface area contributed by atoms with Crippen molar-refractivity contribution in [2.75, 3.05) is 6.61 Å². The van der Waals surface area contributed by atoms with E-state index in [9.17, 15) is 9.59 Å². The number of amides is 1. The second-order valence-electron chi connectivity index (χ2n) is 4.77. The molecule has 1 amide bonds. The number of carbonyl (C=O) groups excluding carboxylic acids is 1. The van der Waals surface area contributed by atoms with Crippen molar-refractivity contribution >= 4 is 11.9 Å². The Bertz CT molecular complexity index is 246. The van der Waals surface area contributed by atoms with Crippen LogP contribution in [0.25, 0.3) is 0 Å². The quantitative estimate of drug-likeness (QED) is 0.604. The van der Waals surface area contributed by atoms with E-state index >= 15 is 0 Å². The molecule has 0 aliphatic heterocycles. The van der Waals surface area contributed by atoms with Crippen LogP contribution in [0.5, 0.6) is 0 Å². The van der Waals surface area contributed by atoms with Gasteiger partial charge in [0.05, 0.1) is 19.1 Å². The van der Waals surface area contributed by atoms with E-state index in [0.717, 1.165) is 0 Å². The molecule has 0 heterocycles. The average molecular weight is 231 g/mol. The van der Waals surface area contributed by atoms with Gasteiger partial charge in [0.15, 0.2) is 0 Å². The molecule has 0 aliphatic carbocycles. The highest BCUT2D eigenvalue weighted by Gasteiger charge is 2.25. The van der Waals surface area contributed by atoms with Crippen LogP contribution in [0.1, 0.15) is 40.0 Å². The number of carboxylic acids is 1. The van der Waals surface area contributed by atoms with Crippen LogP contribution in [0, 0.1) is 5.41 Å². The molecule has 0 saturated carbocycles. The van der Waals surface area contributed by atoms with Gasteiger partial charge in [-0.3, -0.25) is 9.59 Å². The van der Waals surface area contributed by atoms with E-state index in [1.54, 1.807) is 13.8 Å². The zero-order valence-corrected chi connectivity index (χ0v) is 10.1. The lowest BCUT2D eigenvalue weighted by Crippen LogP contribution is -2.39. The maximum atomic E-state index is 11.6. The van der Waals surface area contributed by atoms with Crippen LogP contribution < -0.4 is 5.32 Å². The summed E-state index contributed by atoms with van der Waals surface area (Å²) in [6, 6.07) is -0.242.